The first-order valence-corrected chi connectivity index (χ1v) is 7.14. The Morgan fingerprint density at radius 2 is 1.95 bits per heavy atom. The molecule has 0 saturated carbocycles. The number of hydrogen-bond acceptors (Lipinski definition) is 4. The van der Waals surface area contributed by atoms with Gasteiger partial charge in [0.15, 0.2) is 5.54 Å². The van der Waals surface area contributed by atoms with Crippen molar-refractivity contribution >= 4 is 17.3 Å². The highest BCUT2D eigenvalue weighted by Crippen LogP contribution is 2.42. The van der Waals surface area contributed by atoms with Crippen molar-refractivity contribution in [2.24, 2.45) is 5.10 Å². The monoisotopic (exact) mass is 293 g/mol. The summed E-state index contributed by atoms with van der Waals surface area (Å²) in [5.74, 6) is -0.282. The number of carbonyl (C=O) groups is 1. The fraction of sp³-hybridized carbons (Fsp3) is 0.176. The maximum absolute atomic E-state index is 12.5. The quantitative estimate of drug-likeness (QED) is 0.746. The molecule has 2 aliphatic heterocycles. The number of hydrogen-bond donors (Lipinski definition) is 3. The van der Waals surface area contributed by atoms with E-state index in [0.29, 0.717) is 11.4 Å². The first kappa shape index (κ1) is 13.0. The molecule has 1 amide bonds. The van der Waals surface area contributed by atoms with Gasteiger partial charge >= 0.3 is 0 Å². The molecule has 2 heterocycles. The van der Waals surface area contributed by atoms with Gasteiger partial charge in [0, 0.05) is 16.8 Å². The van der Waals surface area contributed by atoms with Gasteiger partial charge in [-0.05, 0) is 13.0 Å². The zero-order valence-electron chi connectivity index (χ0n) is 12.0. The minimum absolute atomic E-state index is 0.282. The minimum Gasteiger partial charge on any atom is -0.383 e. The molecule has 0 aromatic heterocycles. The van der Waals surface area contributed by atoms with Crippen molar-refractivity contribution in [3.63, 3.8) is 0 Å². The minimum atomic E-state index is -1.24. The lowest BCUT2D eigenvalue weighted by Gasteiger charge is -2.26. The maximum atomic E-state index is 12.5. The van der Waals surface area contributed by atoms with Crippen molar-refractivity contribution in [3.05, 3.63) is 65.2 Å². The maximum Gasteiger partial charge on any atom is 0.259 e. The first-order valence-electron chi connectivity index (χ1n) is 7.14. The zero-order chi connectivity index (χ0) is 15.3. The Morgan fingerprint density at radius 3 is 2.73 bits per heavy atom. The highest BCUT2D eigenvalue weighted by molar-refractivity contribution is 6.15. The fourth-order valence-electron chi connectivity index (χ4n) is 3.13. The fourth-order valence-corrected chi connectivity index (χ4v) is 3.13. The molecule has 2 aromatic carbocycles. The number of amides is 1. The van der Waals surface area contributed by atoms with E-state index in [9.17, 15) is 9.90 Å². The summed E-state index contributed by atoms with van der Waals surface area (Å²) in [7, 11) is 0. The Balaban J connectivity index is 1.82. The van der Waals surface area contributed by atoms with Crippen molar-refractivity contribution in [2.45, 2.75) is 18.6 Å². The van der Waals surface area contributed by atoms with Crippen LogP contribution in [0.3, 0.4) is 0 Å². The lowest BCUT2D eigenvalue weighted by molar-refractivity contribution is -0.124. The topological polar surface area (TPSA) is 73.7 Å². The number of hydrazone groups is 1. The van der Waals surface area contributed by atoms with Crippen molar-refractivity contribution in [1.82, 2.24) is 5.43 Å². The predicted molar refractivity (Wildman–Crippen MR) is 83.6 cm³/mol. The second-order valence-electron chi connectivity index (χ2n) is 5.69. The number of carbonyl (C=O) groups excluding carboxylic acids is 1. The number of nitrogens with zero attached hydrogens (tertiary/aromatic N) is 1. The van der Waals surface area contributed by atoms with Crippen LogP contribution in [-0.4, -0.2) is 22.8 Å². The molecule has 0 radical (unpaired) electrons. The Hall–Kier alpha value is -2.66. The molecule has 110 valence electrons. The van der Waals surface area contributed by atoms with Crippen LogP contribution in [-0.2, 0) is 10.3 Å². The molecule has 0 saturated heterocycles. The van der Waals surface area contributed by atoms with Crippen LogP contribution >= 0.6 is 0 Å². The van der Waals surface area contributed by atoms with Crippen molar-refractivity contribution < 1.29 is 9.90 Å². The van der Waals surface area contributed by atoms with E-state index in [-0.39, 0.29) is 5.91 Å². The second kappa shape index (κ2) is 4.42. The number of benzene rings is 2. The smallest absolute Gasteiger partial charge is 0.259 e. The van der Waals surface area contributed by atoms with E-state index in [0.717, 1.165) is 16.7 Å². The number of rotatable bonds is 1. The highest BCUT2D eigenvalue weighted by atomic mass is 16.3. The van der Waals surface area contributed by atoms with E-state index in [2.05, 4.69) is 15.8 Å². The van der Waals surface area contributed by atoms with Crippen LogP contribution in [0.25, 0.3) is 0 Å². The number of aryl methyl sites for hydroxylation is 1. The summed E-state index contributed by atoms with van der Waals surface area (Å²) in [4.78, 5) is 12.5. The van der Waals surface area contributed by atoms with Crippen LogP contribution in [0.4, 0.5) is 5.69 Å². The van der Waals surface area contributed by atoms with E-state index in [1.165, 1.54) is 0 Å². The van der Waals surface area contributed by atoms with Crippen LogP contribution in [0.15, 0.2) is 53.6 Å². The lowest BCUT2D eigenvalue weighted by Crippen LogP contribution is -2.52. The van der Waals surface area contributed by atoms with Crippen LogP contribution < -0.4 is 10.7 Å². The van der Waals surface area contributed by atoms with Gasteiger partial charge in [-0.25, -0.2) is 0 Å². The molecule has 2 atom stereocenters. The third kappa shape index (κ3) is 1.57. The highest BCUT2D eigenvalue weighted by Gasteiger charge is 2.57. The first-order chi connectivity index (χ1) is 10.6. The number of fused-ring (bicyclic) bond motifs is 2. The SMILES string of the molecule is Cc1ccc2c(c1)C1(NN=C(c3ccccc3)C1O)C(=O)N2. The van der Waals surface area contributed by atoms with E-state index in [1.807, 2.05) is 55.5 Å². The van der Waals surface area contributed by atoms with Crippen molar-refractivity contribution in [3.8, 4) is 0 Å². The second-order valence-corrected chi connectivity index (χ2v) is 5.69. The Bertz CT molecular complexity index is 801. The van der Waals surface area contributed by atoms with E-state index in [1.54, 1.807) is 0 Å². The van der Waals surface area contributed by atoms with Gasteiger partial charge in [0.1, 0.15) is 6.10 Å². The molecular weight excluding hydrogens is 278 g/mol. The molecule has 22 heavy (non-hydrogen) atoms. The zero-order valence-corrected chi connectivity index (χ0v) is 12.0. The number of anilines is 1. The molecule has 2 aromatic rings. The third-order valence-electron chi connectivity index (χ3n) is 4.30. The molecule has 2 aliphatic rings. The predicted octanol–water partition coefficient (Wildman–Crippen LogP) is 1.51. The molecule has 0 bridgehead atoms. The number of nitrogens with one attached hydrogen (secondary N) is 2. The Morgan fingerprint density at radius 1 is 1.18 bits per heavy atom. The molecule has 4 rings (SSSR count). The standard InChI is InChI=1S/C17H15N3O2/c1-10-7-8-13-12(9-10)17(16(22)18-13)15(21)14(19-20-17)11-5-3-2-4-6-11/h2-9,15,20-21H,1H3,(H,18,22). The third-order valence-corrected chi connectivity index (χ3v) is 4.30. The summed E-state index contributed by atoms with van der Waals surface area (Å²) in [6, 6.07) is 15.1. The molecule has 0 aliphatic carbocycles. The van der Waals surface area contributed by atoms with Crippen molar-refractivity contribution in [1.29, 1.82) is 0 Å². The molecule has 5 heteroatoms. The van der Waals surface area contributed by atoms with Crippen LogP contribution in [0.1, 0.15) is 16.7 Å². The van der Waals surface area contributed by atoms with Crippen LogP contribution in [0.5, 0.6) is 0 Å². The Kier molecular flexibility index (Phi) is 2.62. The van der Waals surface area contributed by atoms with Gasteiger partial charge < -0.3 is 10.4 Å². The van der Waals surface area contributed by atoms with Crippen LogP contribution in [0, 0.1) is 6.92 Å². The average molecular weight is 293 g/mol. The molecule has 5 nitrogen and oxygen atoms in total. The van der Waals surface area contributed by atoms with E-state index >= 15 is 0 Å². The van der Waals surface area contributed by atoms with E-state index < -0.39 is 11.6 Å². The summed E-state index contributed by atoms with van der Waals surface area (Å²) < 4.78 is 0. The summed E-state index contributed by atoms with van der Waals surface area (Å²) in [5, 5.41) is 17.9. The number of aliphatic hydroxyl groups is 1. The van der Waals surface area contributed by atoms with Gasteiger partial charge in [-0.1, -0.05) is 48.0 Å². The summed E-state index contributed by atoms with van der Waals surface area (Å²) in [5.41, 5.74) is 5.40. The summed E-state index contributed by atoms with van der Waals surface area (Å²) in [6.45, 7) is 1.96. The largest absolute Gasteiger partial charge is 0.383 e. The molecule has 1 spiro atoms. The van der Waals surface area contributed by atoms with Gasteiger partial charge in [0.05, 0.1) is 5.71 Å². The average Bonchev–Trinajstić information content (AvgIpc) is 3.01. The molecular formula is C17H15N3O2. The molecule has 2 unspecified atom stereocenters. The van der Waals surface area contributed by atoms with Gasteiger partial charge in [-0.15, -0.1) is 0 Å². The number of aliphatic hydroxyl groups excluding tert-OH is 1. The molecule has 3 N–H and O–H groups in total. The summed E-state index contributed by atoms with van der Waals surface area (Å²) in [6.07, 6.45) is -1.04. The summed E-state index contributed by atoms with van der Waals surface area (Å²) >= 11 is 0. The van der Waals surface area contributed by atoms with E-state index in [4.69, 9.17) is 0 Å². The Labute approximate surface area is 127 Å². The van der Waals surface area contributed by atoms with Crippen molar-refractivity contribution in [2.75, 3.05) is 5.32 Å². The lowest BCUT2D eigenvalue weighted by atomic mass is 9.83. The van der Waals surface area contributed by atoms with Crippen LogP contribution in [0.2, 0.25) is 0 Å². The van der Waals surface area contributed by atoms with Gasteiger partial charge in [0.2, 0.25) is 0 Å². The van der Waals surface area contributed by atoms with Gasteiger partial charge in [0.25, 0.3) is 5.91 Å². The molecule has 0 fully saturated rings. The van der Waals surface area contributed by atoms with Gasteiger partial charge in [-0.3, -0.25) is 10.2 Å². The normalized spacial score (nSPS) is 25.6. The van der Waals surface area contributed by atoms with Gasteiger partial charge in [-0.2, -0.15) is 5.10 Å².